The summed E-state index contributed by atoms with van der Waals surface area (Å²) in [5.74, 6) is 0. The molecule has 0 aliphatic rings. The molecule has 17 heavy (non-hydrogen) atoms. The van der Waals surface area contributed by atoms with Gasteiger partial charge in [-0.2, -0.15) is 5.10 Å². The molecule has 1 atom stereocenters. The highest BCUT2D eigenvalue weighted by atomic mass is 16.3. The second-order valence-electron chi connectivity index (χ2n) is 4.01. The summed E-state index contributed by atoms with van der Waals surface area (Å²) >= 11 is 0. The highest BCUT2D eigenvalue weighted by Crippen LogP contribution is 2.23. The van der Waals surface area contributed by atoms with E-state index in [0.29, 0.717) is 0 Å². The van der Waals surface area contributed by atoms with E-state index in [1.54, 1.807) is 12.5 Å². The Kier molecular flexibility index (Phi) is 3.64. The third-order valence-corrected chi connectivity index (χ3v) is 2.98. The molecule has 0 aliphatic carbocycles. The van der Waals surface area contributed by atoms with Crippen molar-refractivity contribution in [2.45, 2.75) is 32.9 Å². The van der Waals surface area contributed by atoms with Crippen LogP contribution in [0.25, 0.3) is 0 Å². The van der Waals surface area contributed by atoms with Crippen molar-refractivity contribution in [3.05, 3.63) is 41.6 Å². The SMILES string of the molecule is CCc1cc(C(NC)c2ccoc2)n(CC)n1. The highest BCUT2D eigenvalue weighted by Gasteiger charge is 2.18. The fourth-order valence-electron chi connectivity index (χ4n) is 2.07. The minimum atomic E-state index is 0.140. The van der Waals surface area contributed by atoms with E-state index in [1.165, 1.54) is 5.69 Å². The van der Waals surface area contributed by atoms with Crippen molar-refractivity contribution in [1.82, 2.24) is 15.1 Å². The van der Waals surface area contributed by atoms with Crippen LogP contribution in [0.5, 0.6) is 0 Å². The number of hydrogen-bond acceptors (Lipinski definition) is 3. The first-order valence-electron chi connectivity index (χ1n) is 6.06. The second kappa shape index (κ2) is 5.19. The molecule has 1 N–H and O–H groups in total. The molecule has 0 spiro atoms. The van der Waals surface area contributed by atoms with Gasteiger partial charge in [0.1, 0.15) is 0 Å². The summed E-state index contributed by atoms with van der Waals surface area (Å²) in [5.41, 5.74) is 3.45. The summed E-state index contributed by atoms with van der Waals surface area (Å²) in [6, 6.07) is 4.29. The second-order valence-corrected chi connectivity index (χ2v) is 4.01. The van der Waals surface area contributed by atoms with Crippen LogP contribution in [0.2, 0.25) is 0 Å². The lowest BCUT2D eigenvalue weighted by Gasteiger charge is -2.15. The smallest absolute Gasteiger partial charge is 0.0954 e. The first kappa shape index (κ1) is 11.9. The molecular formula is C13H19N3O. The molecule has 2 aromatic heterocycles. The van der Waals surface area contributed by atoms with Gasteiger partial charge in [-0.3, -0.25) is 4.68 Å². The van der Waals surface area contributed by atoms with E-state index in [0.717, 1.165) is 24.2 Å². The molecule has 2 heterocycles. The van der Waals surface area contributed by atoms with Crippen molar-refractivity contribution >= 4 is 0 Å². The molecular weight excluding hydrogens is 214 g/mol. The number of rotatable bonds is 5. The molecule has 0 bridgehead atoms. The van der Waals surface area contributed by atoms with Gasteiger partial charge in [-0.25, -0.2) is 0 Å². The minimum absolute atomic E-state index is 0.140. The predicted molar refractivity (Wildman–Crippen MR) is 66.9 cm³/mol. The van der Waals surface area contributed by atoms with Gasteiger partial charge in [0.15, 0.2) is 0 Å². The maximum Gasteiger partial charge on any atom is 0.0954 e. The van der Waals surface area contributed by atoms with Gasteiger partial charge in [-0.05, 0) is 32.5 Å². The van der Waals surface area contributed by atoms with Crippen molar-refractivity contribution in [2.24, 2.45) is 0 Å². The van der Waals surface area contributed by atoms with Crippen LogP contribution in [0, 0.1) is 0 Å². The summed E-state index contributed by atoms with van der Waals surface area (Å²) < 4.78 is 7.20. The molecule has 0 saturated heterocycles. The summed E-state index contributed by atoms with van der Waals surface area (Å²) in [6.45, 7) is 5.11. The average Bonchev–Trinajstić information content (AvgIpc) is 2.99. The monoisotopic (exact) mass is 233 g/mol. The number of nitrogens with one attached hydrogen (secondary N) is 1. The Morgan fingerprint density at radius 1 is 1.47 bits per heavy atom. The zero-order valence-electron chi connectivity index (χ0n) is 10.6. The molecule has 0 aromatic carbocycles. The number of hydrogen-bond donors (Lipinski definition) is 1. The fourth-order valence-corrected chi connectivity index (χ4v) is 2.07. The van der Waals surface area contributed by atoms with Gasteiger partial charge in [-0.15, -0.1) is 0 Å². The lowest BCUT2D eigenvalue weighted by atomic mass is 10.1. The van der Waals surface area contributed by atoms with E-state index in [2.05, 4.69) is 30.3 Å². The molecule has 4 heteroatoms. The summed E-state index contributed by atoms with van der Waals surface area (Å²) in [7, 11) is 1.95. The first-order valence-corrected chi connectivity index (χ1v) is 6.06. The molecule has 1 unspecified atom stereocenters. The largest absolute Gasteiger partial charge is 0.472 e. The van der Waals surface area contributed by atoms with Gasteiger partial charge < -0.3 is 9.73 Å². The summed E-state index contributed by atoms with van der Waals surface area (Å²) in [5, 5.41) is 7.88. The van der Waals surface area contributed by atoms with Crippen LogP contribution in [0.15, 0.2) is 29.1 Å². The van der Waals surface area contributed by atoms with Crippen molar-refractivity contribution in [1.29, 1.82) is 0 Å². The third-order valence-electron chi connectivity index (χ3n) is 2.98. The maximum atomic E-state index is 5.16. The van der Waals surface area contributed by atoms with E-state index < -0.39 is 0 Å². The van der Waals surface area contributed by atoms with E-state index in [-0.39, 0.29) is 6.04 Å². The van der Waals surface area contributed by atoms with Crippen LogP contribution in [0.1, 0.15) is 36.8 Å². The highest BCUT2D eigenvalue weighted by molar-refractivity contribution is 5.26. The Morgan fingerprint density at radius 2 is 2.29 bits per heavy atom. The van der Waals surface area contributed by atoms with Crippen LogP contribution in [-0.2, 0) is 13.0 Å². The van der Waals surface area contributed by atoms with Gasteiger partial charge in [0, 0.05) is 12.1 Å². The molecule has 92 valence electrons. The van der Waals surface area contributed by atoms with Gasteiger partial charge in [0.25, 0.3) is 0 Å². The third kappa shape index (κ3) is 2.26. The van der Waals surface area contributed by atoms with Gasteiger partial charge in [-0.1, -0.05) is 6.92 Å². The lowest BCUT2D eigenvalue weighted by molar-refractivity contribution is 0.539. The van der Waals surface area contributed by atoms with Gasteiger partial charge in [0.05, 0.1) is 30.0 Å². The normalized spacial score (nSPS) is 12.9. The molecule has 2 rings (SSSR count). The first-order chi connectivity index (χ1) is 8.30. The van der Waals surface area contributed by atoms with Crippen molar-refractivity contribution in [3.63, 3.8) is 0 Å². The molecule has 0 radical (unpaired) electrons. The molecule has 4 nitrogen and oxygen atoms in total. The predicted octanol–water partition coefficient (Wildman–Crippen LogP) is 2.37. The van der Waals surface area contributed by atoms with Gasteiger partial charge in [0.2, 0.25) is 0 Å². The average molecular weight is 233 g/mol. The molecule has 0 fully saturated rings. The number of furan rings is 1. The van der Waals surface area contributed by atoms with Gasteiger partial charge >= 0.3 is 0 Å². The molecule has 0 aliphatic heterocycles. The van der Waals surface area contributed by atoms with Crippen LogP contribution in [-0.4, -0.2) is 16.8 Å². The summed E-state index contributed by atoms with van der Waals surface area (Å²) in [6.07, 6.45) is 4.44. The Hall–Kier alpha value is -1.55. The molecule has 0 amide bonds. The topological polar surface area (TPSA) is 43.0 Å². The van der Waals surface area contributed by atoms with Crippen LogP contribution >= 0.6 is 0 Å². The zero-order chi connectivity index (χ0) is 12.3. The van der Waals surface area contributed by atoms with E-state index in [1.807, 2.05) is 17.8 Å². The Labute approximate surface area is 102 Å². The van der Waals surface area contributed by atoms with Crippen LogP contribution in [0.3, 0.4) is 0 Å². The zero-order valence-corrected chi connectivity index (χ0v) is 10.6. The maximum absolute atomic E-state index is 5.16. The number of nitrogens with zero attached hydrogens (tertiary/aromatic N) is 2. The molecule has 2 aromatic rings. The van der Waals surface area contributed by atoms with Crippen molar-refractivity contribution in [3.8, 4) is 0 Å². The Morgan fingerprint density at radius 3 is 2.82 bits per heavy atom. The lowest BCUT2D eigenvalue weighted by Crippen LogP contribution is -2.20. The number of aryl methyl sites for hydroxylation is 2. The standard InChI is InChI=1S/C13H19N3O/c1-4-11-8-12(16(5-2)15-11)13(14-3)10-6-7-17-9-10/h6-9,13-14H,4-5H2,1-3H3. The quantitative estimate of drug-likeness (QED) is 0.862. The fraction of sp³-hybridized carbons (Fsp3) is 0.462. The Balaban J connectivity index is 2.39. The summed E-state index contributed by atoms with van der Waals surface area (Å²) in [4.78, 5) is 0. The van der Waals surface area contributed by atoms with Crippen LogP contribution < -0.4 is 5.32 Å². The molecule has 0 saturated carbocycles. The van der Waals surface area contributed by atoms with E-state index >= 15 is 0 Å². The number of aromatic nitrogens is 2. The van der Waals surface area contributed by atoms with Crippen LogP contribution in [0.4, 0.5) is 0 Å². The van der Waals surface area contributed by atoms with E-state index in [4.69, 9.17) is 4.42 Å². The minimum Gasteiger partial charge on any atom is -0.472 e. The van der Waals surface area contributed by atoms with E-state index in [9.17, 15) is 0 Å². The Bertz CT molecular complexity index is 459. The van der Waals surface area contributed by atoms with Crippen molar-refractivity contribution < 1.29 is 4.42 Å². The van der Waals surface area contributed by atoms with Crippen molar-refractivity contribution in [2.75, 3.05) is 7.05 Å².